The van der Waals surface area contributed by atoms with E-state index in [4.69, 9.17) is 17.2 Å². The zero-order valence-corrected chi connectivity index (χ0v) is 28.7. The molecule has 3 nitrogen and oxygen atoms in total. The molecule has 0 bridgehead atoms. The van der Waals surface area contributed by atoms with Crippen molar-refractivity contribution in [2.45, 2.75) is 45.4 Å². The second kappa shape index (κ2) is 20.1. The fourth-order valence-corrected chi connectivity index (χ4v) is 4.41. The van der Waals surface area contributed by atoms with E-state index >= 15 is 0 Å². The van der Waals surface area contributed by atoms with Crippen molar-refractivity contribution in [3.8, 4) is 0 Å². The summed E-state index contributed by atoms with van der Waals surface area (Å²) >= 11 is 0. The Kier molecular flexibility index (Phi) is 18.3. The fourth-order valence-electron chi connectivity index (χ4n) is 4.41. The average Bonchev–Trinajstić information content (AvgIpc) is 2.94. The second-order valence-electron chi connectivity index (χ2n) is 10.9. The Bertz CT molecular complexity index is 1210. The molecule has 0 heterocycles. The molecule has 1 aromatic carbocycles. The molecule has 0 saturated heterocycles. The summed E-state index contributed by atoms with van der Waals surface area (Å²) in [6.45, 7) is 34.6. The molecule has 1 saturated carbocycles. The first-order valence-corrected chi connectivity index (χ1v) is 14.1. The molecule has 0 aromatic heterocycles. The predicted octanol–water partition coefficient (Wildman–Crippen LogP) is 9.61. The van der Waals surface area contributed by atoms with Gasteiger partial charge in [0.05, 0.1) is 0 Å². The first-order chi connectivity index (χ1) is 19.7. The minimum absolute atomic E-state index is 0. The van der Waals surface area contributed by atoms with Crippen LogP contribution in [0.2, 0.25) is 0 Å². The van der Waals surface area contributed by atoms with Crippen LogP contribution in [0.4, 0.5) is 5.69 Å². The van der Waals surface area contributed by atoms with E-state index in [2.05, 4.69) is 71.2 Å². The maximum atomic E-state index is 5.58. The largest absolute Gasteiger partial charge is 0.399 e. The Morgan fingerprint density at radius 1 is 0.651 bits per heavy atom. The molecule has 1 aliphatic carbocycles. The van der Waals surface area contributed by atoms with E-state index < -0.39 is 0 Å². The third-order valence-electron chi connectivity index (χ3n) is 6.87. The zero-order valence-electron chi connectivity index (χ0n) is 26.0. The van der Waals surface area contributed by atoms with Crippen molar-refractivity contribution in [2.75, 3.05) is 5.73 Å². The molecule has 1 fully saturated rings. The number of hydrogen-bond acceptors (Lipinski definition) is 3. The fraction of sp³-hybridized carbons (Fsp3) is 0.205. The SMILES string of the molecule is C=C(N)/C=C\C(=C)CC(=C)/C=C\C(=C)C1(C(=C)/C=C\C(=C)CC(=C)/C=C\C(=C)N)CC[CH-]CC1.Cc1ccc(N)cc1.[Re]. The van der Waals surface area contributed by atoms with Crippen molar-refractivity contribution < 1.29 is 20.4 Å². The number of aryl methyl sites for hydroxylation is 1. The van der Waals surface area contributed by atoms with E-state index in [9.17, 15) is 0 Å². The number of nitrogens with two attached hydrogens (primary N) is 3. The van der Waals surface area contributed by atoms with Gasteiger partial charge in [-0.1, -0.05) is 142 Å². The van der Waals surface area contributed by atoms with Crippen molar-refractivity contribution in [1.29, 1.82) is 0 Å². The molecule has 4 heteroatoms. The van der Waals surface area contributed by atoms with E-state index in [0.717, 1.165) is 64.8 Å². The smallest absolute Gasteiger partial charge is 0.0314 e. The van der Waals surface area contributed by atoms with Crippen LogP contribution in [-0.2, 0) is 20.4 Å². The summed E-state index contributed by atoms with van der Waals surface area (Å²) < 4.78 is 0. The Labute approximate surface area is 275 Å². The summed E-state index contributed by atoms with van der Waals surface area (Å²) in [7, 11) is 0. The van der Waals surface area contributed by atoms with Crippen molar-refractivity contribution >= 4 is 5.69 Å². The molecule has 0 aliphatic heterocycles. The first-order valence-electron chi connectivity index (χ1n) is 14.1. The third-order valence-corrected chi connectivity index (χ3v) is 6.87. The number of benzene rings is 1. The van der Waals surface area contributed by atoms with Crippen molar-refractivity contribution in [2.24, 2.45) is 16.9 Å². The van der Waals surface area contributed by atoms with Crippen LogP contribution in [-0.4, -0.2) is 0 Å². The molecule has 43 heavy (non-hydrogen) atoms. The molecule has 229 valence electrons. The molecular weight excluding hydrogens is 697 g/mol. The summed E-state index contributed by atoms with van der Waals surface area (Å²) in [6.07, 6.45) is 23.1. The predicted molar refractivity (Wildman–Crippen MR) is 188 cm³/mol. The van der Waals surface area contributed by atoms with Crippen LogP contribution in [0.1, 0.15) is 44.1 Å². The van der Waals surface area contributed by atoms with Gasteiger partial charge < -0.3 is 23.6 Å². The van der Waals surface area contributed by atoms with Gasteiger partial charge in [-0.25, -0.2) is 0 Å². The molecule has 0 amide bonds. The number of allylic oxidation sites excluding steroid dienone is 14. The van der Waals surface area contributed by atoms with Crippen LogP contribution in [0.3, 0.4) is 0 Å². The minimum Gasteiger partial charge on any atom is -0.399 e. The standard InChI is InChI=1S/C32H41N2.C7H9N.Re/c1-24(22-26(3)14-18-30(7)33)12-16-28(5)32(20-10-9-11-21-32)29(6)17-13-25(2)23-27(4)15-19-31(8)34;1-6-2-4-7(8)5-3-6;/h9,12-19H,1-8,10-11,20-23,33-34H2;2-5H,8H2,1H3;/q-1;;/b16-12-,17-13-,18-14-,19-15-;;. The quantitative estimate of drug-likeness (QED) is 0.101. The second-order valence-corrected chi connectivity index (χ2v) is 10.9. The van der Waals surface area contributed by atoms with Crippen molar-refractivity contribution in [3.05, 3.63) is 182 Å². The average molecular weight is 747 g/mol. The number of rotatable bonds is 14. The molecule has 1 radical (unpaired) electrons. The van der Waals surface area contributed by atoms with Gasteiger partial charge in [0.25, 0.3) is 0 Å². The van der Waals surface area contributed by atoms with Crippen LogP contribution in [0.25, 0.3) is 0 Å². The molecule has 0 spiro atoms. The maximum Gasteiger partial charge on any atom is 0.0314 e. The van der Waals surface area contributed by atoms with E-state index in [1.165, 1.54) is 5.56 Å². The monoisotopic (exact) mass is 747 g/mol. The Balaban J connectivity index is 0.00000168. The Hall–Kier alpha value is -3.84. The number of hydrogen-bond donors (Lipinski definition) is 3. The summed E-state index contributed by atoms with van der Waals surface area (Å²) in [5.74, 6) is 0. The Morgan fingerprint density at radius 3 is 1.33 bits per heavy atom. The topological polar surface area (TPSA) is 78.1 Å². The van der Waals surface area contributed by atoms with Crippen LogP contribution >= 0.6 is 0 Å². The van der Waals surface area contributed by atoms with Gasteiger partial charge in [-0.3, -0.25) is 0 Å². The molecule has 1 aliphatic rings. The Morgan fingerprint density at radius 2 is 1.00 bits per heavy atom. The van der Waals surface area contributed by atoms with Crippen LogP contribution in [0.15, 0.2) is 170 Å². The van der Waals surface area contributed by atoms with Gasteiger partial charge in [0.15, 0.2) is 0 Å². The summed E-state index contributed by atoms with van der Waals surface area (Å²) in [6, 6.07) is 7.79. The third kappa shape index (κ3) is 15.8. The number of nitrogen functional groups attached to an aromatic ring is 1. The van der Waals surface area contributed by atoms with Gasteiger partial charge in [-0.2, -0.15) is 12.8 Å². The molecular formula is C39H50N3Re-. The molecule has 2 rings (SSSR count). The van der Waals surface area contributed by atoms with Crippen molar-refractivity contribution in [1.82, 2.24) is 0 Å². The van der Waals surface area contributed by atoms with E-state index in [1.807, 2.05) is 55.5 Å². The first kappa shape index (κ1) is 39.2. The molecule has 6 N–H and O–H groups in total. The molecule has 0 unspecified atom stereocenters. The van der Waals surface area contributed by atoms with Crippen LogP contribution in [0.5, 0.6) is 0 Å². The summed E-state index contributed by atoms with van der Waals surface area (Å²) in [5.41, 5.74) is 25.3. The van der Waals surface area contributed by atoms with Gasteiger partial charge in [-0.15, -0.1) is 0 Å². The zero-order chi connectivity index (χ0) is 31.7. The minimum atomic E-state index is -0.176. The van der Waals surface area contributed by atoms with Crippen LogP contribution < -0.4 is 17.2 Å². The van der Waals surface area contributed by atoms with Crippen LogP contribution in [0, 0.1) is 18.8 Å². The molecule has 0 atom stereocenters. The van der Waals surface area contributed by atoms with Gasteiger partial charge >= 0.3 is 0 Å². The summed E-state index contributed by atoms with van der Waals surface area (Å²) in [5, 5.41) is 0. The van der Waals surface area contributed by atoms with E-state index in [0.29, 0.717) is 24.2 Å². The van der Waals surface area contributed by atoms with Crippen molar-refractivity contribution in [3.63, 3.8) is 0 Å². The van der Waals surface area contributed by atoms with Gasteiger partial charge in [0.1, 0.15) is 0 Å². The number of anilines is 1. The van der Waals surface area contributed by atoms with Gasteiger partial charge in [-0.05, 0) is 55.2 Å². The van der Waals surface area contributed by atoms with Gasteiger partial charge in [0.2, 0.25) is 0 Å². The van der Waals surface area contributed by atoms with E-state index in [1.54, 1.807) is 12.2 Å². The summed E-state index contributed by atoms with van der Waals surface area (Å²) in [4.78, 5) is 0. The maximum absolute atomic E-state index is 5.58. The molecule has 1 aromatic rings. The van der Waals surface area contributed by atoms with Gasteiger partial charge in [0, 0.05) is 42.9 Å². The normalized spacial score (nSPS) is 14.1. The van der Waals surface area contributed by atoms with E-state index in [-0.39, 0.29) is 25.8 Å².